The number of hydrogen-bond donors (Lipinski definition) is 1. The van der Waals surface area contributed by atoms with E-state index < -0.39 is 11.9 Å². The average Bonchev–Trinajstić information content (AvgIpc) is 2.70. The zero-order chi connectivity index (χ0) is 15.6. The van der Waals surface area contributed by atoms with E-state index in [0.717, 1.165) is 11.3 Å². The van der Waals surface area contributed by atoms with Crippen molar-refractivity contribution < 1.29 is 14.3 Å². The van der Waals surface area contributed by atoms with E-state index in [9.17, 15) is 9.59 Å². The van der Waals surface area contributed by atoms with Gasteiger partial charge < -0.3 is 10.5 Å². The first kappa shape index (κ1) is 14.8. The van der Waals surface area contributed by atoms with Gasteiger partial charge in [0.15, 0.2) is 0 Å². The maximum absolute atomic E-state index is 12.1. The SMILES string of the molecule is Cc1nn(C)c(C)c1C(=O)OCc1ccc(C(N)=O)cc1. The molecular formula is C15H17N3O3. The van der Waals surface area contributed by atoms with E-state index in [4.69, 9.17) is 10.5 Å². The van der Waals surface area contributed by atoms with Gasteiger partial charge in [0, 0.05) is 18.3 Å². The summed E-state index contributed by atoms with van der Waals surface area (Å²) in [7, 11) is 1.78. The van der Waals surface area contributed by atoms with Crippen molar-refractivity contribution in [3.05, 3.63) is 52.3 Å². The molecule has 2 N–H and O–H groups in total. The van der Waals surface area contributed by atoms with Crippen LogP contribution in [0.25, 0.3) is 0 Å². The van der Waals surface area contributed by atoms with E-state index in [1.165, 1.54) is 0 Å². The molecule has 1 aromatic heterocycles. The lowest BCUT2D eigenvalue weighted by Gasteiger charge is -2.06. The number of ether oxygens (including phenoxy) is 1. The molecular weight excluding hydrogens is 270 g/mol. The lowest BCUT2D eigenvalue weighted by Crippen LogP contribution is -2.11. The molecule has 0 saturated heterocycles. The molecule has 0 radical (unpaired) electrons. The van der Waals surface area contributed by atoms with Gasteiger partial charge in [-0.2, -0.15) is 5.10 Å². The third-order valence-electron chi connectivity index (χ3n) is 3.32. The van der Waals surface area contributed by atoms with Crippen LogP contribution in [-0.4, -0.2) is 21.7 Å². The van der Waals surface area contributed by atoms with Gasteiger partial charge in [-0.25, -0.2) is 4.79 Å². The highest BCUT2D eigenvalue weighted by atomic mass is 16.5. The number of esters is 1. The van der Waals surface area contributed by atoms with Crippen molar-refractivity contribution in [3.8, 4) is 0 Å². The van der Waals surface area contributed by atoms with Crippen LogP contribution in [0.2, 0.25) is 0 Å². The number of hydrogen-bond acceptors (Lipinski definition) is 4. The smallest absolute Gasteiger partial charge is 0.342 e. The minimum atomic E-state index is -0.486. The molecule has 0 aliphatic carbocycles. The fourth-order valence-corrected chi connectivity index (χ4v) is 2.06. The fourth-order valence-electron chi connectivity index (χ4n) is 2.06. The first-order valence-corrected chi connectivity index (χ1v) is 6.46. The van der Waals surface area contributed by atoms with E-state index >= 15 is 0 Å². The van der Waals surface area contributed by atoms with Crippen molar-refractivity contribution in [2.75, 3.05) is 0 Å². The molecule has 0 fully saturated rings. The number of aromatic nitrogens is 2. The fraction of sp³-hybridized carbons (Fsp3) is 0.267. The van der Waals surface area contributed by atoms with Gasteiger partial charge in [-0.3, -0.25) is 9.48 Å². The Morgan fingerprint density at radius 1 is 1.24 bits per heavy atom. The topological polar surface area (TPSA) is 87.2 Å². The Kier molecular flexibility index (Phi) is 4.07. The summed E-state index contributed by atoms with van der Waals surface area (Å²) in [5, 5.41) is 4.18. The lowest BCUT2D eigenvalue weighted by atomic mass is 10.1. The number of primary amides is 1. The van der Waals surface area contributed by atoms with E-state index in [-0.39, 0.29) is 6.61 Å². The Hall–Kier alpha value is -2.63. The van der Waals surface area contributed by atoms with Crippen LogP contribution in [0, 0.1) is 13.8 Å². The Morgan fingerprint density at radius 3 is 2.33 bits per heavy atom. The highest BCUT2D eigenvalue weighted by molar-refractivity contribution is 5.93. The van der Waals surface area contributed by atoms with Crippen LogP contribution >= 0.6 is 0 Å². The highest BCUT2D eigenvalue weighted by Crippen LogP contribution is 2.14. The van der Waals surface area contributed by atoms with Crippen LogP contribution in [-0.2, 0) is 18.4 Å². The minimum absolute atomic E-state index is 0.131. The summed E-state index contributed by atoms with van der Waals surface area (Å²) in [6.45, 7) is 3.72. The number of carbonyl (C=O) groups excluding carboxylic acids is 2. The summed E-state index contributed by atoms with van der Waals surface area (Å²) < 4.78 is 6.93. The molecule has 2 rings (SSSR count). The number of carbonyl (C=O) groups is 2. The van der Waals surface area contributed by atoms with Gasteiger partial charge in [-0.05, 0) is 31.5 Å². The standard InChI is InChI=1S/C15H17N3O3/c1-9-13(10(2)18(3)17-9)15(20)21-8-11-4-6-12(7-5-11)14(16)19/h4-7H,8H2,1-3H3,(H2,16,19). The van der Waals surface area contributed by atoms with Crippen LogP contribution in [0.1, 0.15) is 37.7 Å². The van der Waals surface area contributed by atoms with Crippen molar-refractivity contribution in [2.45, 2.75) is 20.5 Å². The van der Waals surface area contributed by atoms with Crippen molar-refractivity contribution in [1.29, 1.82) is 0 Å². The third-order valence-corrected chi connectivity index (χ3v) is 3.32. The van der Waals surface area contributed by atoms with Crippen molar-refractivity contribution in [2.24, 2.45) is 12.8 Å². The predicted octanol–water partition coefficient (Wildman–Crippen LogP) is 1.49. The second-order valence-electron chi connectivity index (χ2n) is 4.81. The minimum Gasteiger partial charge on any atom is -0.457 e. The number of nitrogens with zero attached hydrogens (tertiary/aromatic N) is 2. The number of nitrogens with two attached hydrogens (primary N) is 1. The molecule has 0 aliphatic rings. The third kappa shape index (κ3) is 3.10. The van der Waals surface area contributed by atoms with Crippen molar-refractivity contribution in [1.82, 2.24) is 9.78 Å². The second-order valence-corrected chi connectivity index (χ2v) is 4.81. The van der Waals surface area contributed by atoms with Crippen LogP contribution in [0.15, 0.2) is 24.3 Å². The molecule has 1 amide bonds. The predicted molar refractivity (Wildman–Crippen MR) is 76.8 cm³/mol. The molecule has 0 unspecified atom stereocenters. The van der Waals surface area contributed by atoms with Gasteiger partial charge in [0.2, 0.25) is 5.91 Å². The van der Waals surface area contributed by atoms with Gasteiger partial charge in [0.25, 0.3) is 0 Å². The molecule has 0 aliphatic heterocycles. The number of rotatable bonds is 4. The van der Waals surface area contributed by atoms with Gasteiger partial charge in [0.05, 0.1) is 5.69 Å². The molecule has 6 nitrogen and oxygen atoms in total. The van der Waals surface area contributed by atoms with Crippen LogP contribution in [0.3, 0.4) is 0 Å². The molecule has 0 saturated carbocycles. The van der Waals surface area contributed by atoms with Crippen molar-refractivity contribution in [3.63, 3.8) is 0 Å². The maximum atomic E-state index is 12.1. The summed E-state index contributed by atoms with van der Waals surface area (Å²) in [5.41, 5.74) is 8.27. The average molecular weight is 287 g/mol. The summed E-state index contributed by atoms with van der Waals surface area (Å²) in [6, 6.07) is 6.62. The maximum Gasteiger partial charge on any atom is 0.342 e. The molecule has 110 valence electrons. The number of benzene rings is 1. The Bertz CT molecular complexity index is 687. The van der Waals surface area contributed by atoms with Gasteiger partial charge in [-0.15, -0.1) is 0 Å². The Labute approximate surface area is 122 Å². The largest absolute Gasteiger partial charge is 0.457 e. The monoisotopic (exact) mass is 287 g/mol. The first-order chi connectivity index (χ1) is 9.90. The normalized spacial score (nSPS) is 10.4. The Morgan fingerprint density at radius 2 is 1.86 bits per heavy atom. The van der Waals surface area contributed by atoms with Crippen LogP contribution in [0.4, 0.5) is 0 Å². The van der Waals surface area contributed by atoms with Gasteiger partial charge in [-0.1, -0.05) is 12.1 Å². The highest BCUT2D eigenvalue weighted by Gasteiger charge is 2.18. The van der Waals surface area contributed by atoms with E-state index in [2.05, 4.69) is 5.10 Å². The quantitative estimate of drug-likeness (QED) is 0.863. The van der Waals surface area contributed by atoms with E-state index in [0.29, 0.717) is 16.8 Å². The molecule has 0 atom stereocenters. The molecule has 0 spiro atoms. The summed E-state index contributed by atoms with van der Waals surface area (Å²) in [6.07, 6.45) is 0. The molecule has 21 heavy (non-hydrogen) atoms. The number of amides is 1. The molecule has 2 aromatic rings. The summed E-state index contributed by atoms with van der Waals surface area (Å²) >= 11 is 0. The van der Waals surface area contributed by atoms with Gasteiger partial charge in [0.1, 0.15) is 12.2 Å². The van der Waals surface area contributed by atoms with Crippen LogP contribution < -0.4 is 5.73 Å². The summed E-state index contributed by atoms with van der Waals surface area (Å²) in [5.74, 6) is -0.891. The molecule has 6 heteroatoms. The van der Waals surface area contributed by atoms with Crippen LogP contribution in [0.5, 0.6) is 0 Å². The lowest BCUT2D eigenvalue weighted by molar-refractivity contribution is 0.0470. The zero-order valence-corrected chi connectivity index (χ0v) is 12.2. The van der Waals surface area contributed by atoms with E-state index in [1.54, 1.807) is 42.9 Å². The number of aryl methyl sites for hydroxylation is 2. The second kappa shape index (κ2) is 5.78. The van der Waals surface area contributed by atoms with Crippen molar-refractivity contribution >= 4 is 11.9 Å². The van der Waals surface area contributed by atoms with E-state index in [1.807, 2.05) is 6.92 Å². The Balaban J connectivity index is 2.05. The van der Waals surface area contributed by atoms with Gasteiger partial charge >= 0.3 is 5.97 Å². The molecule has 0 bridgehead atoms. The first-order valence-electron chi connectivity index (χ1n) is 6.46. The zero-order valence-electron chi connectivity index (χ0n) is 12.2. The molecule has 1 aromatic carbocycles. The molecule has 1 heterocycles. The summed E-state index contributed by atoms with van der Waals surface area (Å²) in [4.78, 5) is 23.1.